The summed E-state index contributed by atoms with van der Waals surface area (Å²) in [6.07, 6.45) is 2.47. The van der Waals surface area contributed by atoms with Gasteiger partial charge in [0.25, 0.3) is 0 Å². The molecule has 41 heavy (non-hydrogen) atoms. The van der Waals surface area contributed by atoms with E-state index in [1.165, 1.54) is 4.90 Å². The predicted molar refractivity (Wildman–Crippen MR) is 161 cm³/mol. The highest BCUT2D eigenvalue weighted by molar-refractivity contribution is 6.31. The van der Waals surface area contributed by atoms with E-state index in [0.717, 1.165) is 18.4 Å². The Morgan fingerprint density at radius 1 is 0.878 bits per heavy atom. The van der Waals surface area contributed by atoms with Crippen molar-refractivity contribution in [3.63, 3.8) is 0 Å². The standard InChI is InChI=1S/C32H39ClN2O6/c1-32(2,3)41-31(38)35(19-11-4-5-12-20-36)22-30(37)34-26-21-25(33)17-18-27(26)40-29-16-10-9-15-28(29)39-23-24-13-7-6-8-14-24/h6-10,13-18,21,36H,4-5,11-12,19-20,22-23H2,1-3H3,(H,34,37). The van der Waals surface area contributed by atoms with Crippen molar-refractivity contribution < 1.29 is 28.9 Å². The first-order chi connectivity index (χ1) is 19.6. The molecule has 2 amide bonds. The lowest BCUT2D eigenvalue weighted by Gasteiger charge is -2.27. The summed E-state index contributed by atoms with van der Waals surface area (Å²) in [7, 11) is 0. The molecule has 0 radical (unpaired) electrons. The molecule has 0 heterocycles. The molecule has 0 unspecified atom stereocenters. The van der Waals surface area contributed by atoms with Crippen LogP contribution in [0.25, 0.3) is 0 Å². The first kappa shape index (κ1) is 31.8. The third-order valence-corrected chi connectivity index (χ3v) is 6.08. The van der Waals surface area contributed by atoms with E-state index in [4.69, 9.17) is 30.9 Å². The maximum Gasteiger partial charge on any atom is 0.410 e. The monoisotopic (exact) mass is 582 g/mol. The smallest absolute Gasteiger partial charge is 0.410 e. The molecule has 9 heteroatoms. The van der Waals surface area contributed by atoms with Gasteiger partial charge in [-0.25, -0.2) is 4.79 Å². The lowest BCUT2D eigenvalue weighted by atomic mass is 10.2. The van der Waals surface area contributed by atoms with Crippen molar-refractivity contribution in [1.82, 2.24) is 4.90 Å². The molecule has 220 valence electrons. The lowest BCUT2D eigenvalue weighted by molar-refractivity contribution is -0.117. The molecule has 0 saturated carbocycles. The van der Waals surface area contributed by atoms with Crippen molar-refractivity contribution in [2.45, 2.75) is 58.7 Å². The molecule has 0 bridgehead atoms. The Balaban J connectivity index is 1.71. The van der Waals surface area contributed by atoms with Gasteiger partial charge in [0, 0.05) is 18.2 Å². The average molecular weight is 583 g/mol. The molecule has 3 aromatic carbocycles. The number of nitrogens with zero attached hydrogens (tertiary/aromatic N) is 1. The summed E-state index contributed by atoms with van der Waals surface area (Å²) < 4.78 is 17.7. The van der Waals surface area contributed by atoms with Crippen LogP contribution in [0.15, 0.2) is 72.8 Å². The SMILES string of the molecule is CC(C)(C)OC(=O)N(CCCCCCO)CC(=O)Nc1cc(Cl)ccc1Oc1ccccc1OCc1ccccc1. The van der Waals surface area contributed by atoms with Gasteiger partial charge in [-0.3, -0.25) is 9.69 Å². The number of benzene rings is 3. The molecule has 0 aromatic heterocycles. The Bertz CT molecular complexity index is 1260. The van der Waals surface area contributed by atoms with Crippen LogP contribution >= 0.6 is 11.6 Å². The summed E-state index contributed by atoms with van der Waals surface area (Å²) in [5.41, 5.74) is 0.671. The van der Waals surface area contributed by atoms with E-state index in [9.17, 15) is 9.59 Å². The topological polar surface area (TPSA) is 97.3 Å². The molecular weight excluding hydrogens is 544 g/mol. The minimum absolute atomic E-state index is 0.131. The van der Waals surface area contributed by atoms with Crippen LogP contribution in [-0.4, -0.2) is 47.3 Å². The lowest BCUT2D eigenvalue weighted by Crippen LogP contribution is -2.41. The molecule has 0 spiro atoms. The number of aliphatic hydroxyl groups is 1. The fourth-order valence-electron chi connectivity index (χ4n) is 3.89. The number of amides is 2. The van der Waals surface area contributed by atoms with E-state index >= 15 is 0 Å². The van der Waals surface area contributed by atoms with Crippen LogP contribution in [0.2, 0.25) is 5.02 Å². The molecule has 0 atom stereocenters. The first-order valence-electron chi connectivity index (χ1n) is 13.8. The zero-order chi connectivity index (χ0) is 29.7. The van der Waals surface area contributed by atoms with Gasteiger partial charge in [0.1, 0.15) is 18.8 Å². The van der Waals surface area contributed by atoms with Crippen molar-refractivity contribution in [3.8, 4) is 17.2 Å². The number of rotatable bonds is 14. The molecule has 8 nitrogen and oxygen atoms in total. The fraction of sp³-hybridized carbons (Fsp3) is 0.375. The van der Waals surface area contributed by atoms with Crippen LogP contribution < -0.4 is 14.8 Å². The van der Waals surface area contributed by atoms with Gasteiger partial charge in [-0.1, -0.05) is 66.9 Å². The highest BCUT2D eigenvalue weighted by atomic mass is 35.5. The number of carbonyl (C=O) groups excluding carboxylic acids is 2. The number of aliphatic hydroxyl groups excluding tert-OH is 1. The van der Waals surface area contributed by atoms with E-state index in [1.807, 2.05) is 48.5 Å². The number of carbonyl (C=O) groups is 2. The number of hydrogen-bond acceptors (Lipinski definition) is 6. The van der Waals surface area contributed by atoms with E-state index in [1.54, 1.807) is 45.0 Å². The molecule has 3 aromatic rings. The molecule has 0 saturated heterocycles. The Hall–Kier alpha value is -3.75. The third-order valence-electron chi connectivity index (χ3n) is 5.84. The summed E-state index contributed by atoms with van der Waals surface area (Å²) in [6, 6.07) is 22.0. The van der Waals surface area contributed by atoms with Gasteiger partial charge in [-0.15, -0.1) is 0 Å². The van der Waals surface area contributed by atoms with E-state index in [-0.39, 0.29) is 13.2 Å². The normalized spacial score (nSPS) is 11.0. The van der Waals surface area contributed by atoms with Crippen LogP contribution in [0.4, 0.5) is 10.5 Å². The van der Waals surface area contributed by atoms with E-state index < -0.39 is 17.6 Å². The summed E-state index contributed by atoms with van der Waals surface area (Å²) in [5.74, 6) is 0.957. The number of anilines is 1. The summed E-state index contributed by atoms with van der Waals surface area (Å²) in [6.45, 7) is 5.97. The Kier molecular flexibility index (Phi) is 12.3. The average Bonchev–Trinajstić information content (AvgIpc) is 2.93. The highest BCUT2D eigenvalue weighted by Gasteiger charge is 2.24. The van der Waals surface area contributed by atoms with Crippen molar-refractivity contribution in [2.24, 2.45) is 0 Å². The number of para-hydroxylation sites is 2. The number of unbranched alkanes of at least 4 members (excludes halogenated alkanes) is 3. The Morgan fingerprint density at radius 3 is 2.27 bits per heavy atom. The van der Waals surface area contributed by atoms with Gasteiger partial charge >= 0.3 is 6.09 Å². The van der Waals surface area contributed by atoms with Crippen LogP contribution in [0.3, 0.4) is 0 Å². The fourth-order valence-corrected chi connectivity index (χ4v) is 4.06. The van der Waals surface area contributed by atoms with Crippen molar-refractivity contribution in [2.75, 3.05) is 25.0 Å². The van der Waals surface area contributed by atoms with Crippen molar-refractivity contribution >= 4 is 29.3 Å². The second-order valence-corrected chi connectivity index (χ2v) is 11.0. The Morgan fingerprint density at radius 2 is 1.56 bits per heavy atom. The summed E-state index contributed by atoms with van der Waals surface area (Å²) >= 11 is 6.26. The van der Waals surface area contributed by atoms with Crippen molar-refractivity contribution in [1.29, 1.82) is 0 Å². The second-order valence-electron chi connectivity index (χ2n) is 10.6. The van der Waals surface area contributed by atoms with Gasteiger partial charge in [0.15, 0.2) is 17.2 Å². The largest absolute Gasteiger partial charge is 0.485 e. The summed E-state index contributed by atoms with van der Waals surface area (Å²) in [5, 5.41) is 12.3. The zero-order valence-electron chi connectivity index (χ0n) is 23.9. The van der Waals surface area contributed by atoms with Gasteiger partial charge in [-0.2, -0.15) is 0 Å². The molecule has 0 aliphatic rings. The third kappa shape index (κ3) is 11.3. The van der Waals surface area contributed by atoms with Crippen LogP contribution in [0, 0.1) is 0 Å². The van der Waals surface area contributed by atoms with Crippen LogP contribution in [-0.2, 0) is 16.1 Å². The minimum atomic E-state index is -0.702. The summed E-state index contributed by atoms with van der Waals surface area (Å²) in [4.78, 5) is 27.4. The molecule has 0 aliphatic carbocycles. The molecule has 3 rings (SSSR count). The maximum atomic E-state index is 13.2. The van der Waals surface area contributed by atoms with Gasteiger partial charge in [-0.05, 0) is 69.5 Å². The van der Waals surface area contributed by atoms with Gasteiger partial charge < -0.3 is 24.6 Å². The quantitative estimate of drug-likeness (QED) is 0.192. The number of hydrogen-bond donors (Lipinski definition) is 2. The minimum Gasteiger partial charge on any atom is -0.485 e. The van der Waals surface area contributed by atoms with E-state index in [2.05, 4.69) is 5.32 Å². The molecular formula is C32H39ClN2O6. The van der Waals surface area contributed by atoms with E-state index in [0.29, 0.717) is 54.0 Å². The number of nitrogens with one attached hydrogen (secondary N) is 1. The number of halogens is 1. The van der Waals surface area contributed by atoms with Gasteiger partial charge in [0.05, 0.1) is 5.69 Å². The predicted octanol–water partition coefficient (Wildman–Crippen LogP) is 7.44. The highest BCUT2D eigenvalue weighted by Crippen LogP contribution is 2.37. The zero-order valence-corrected chi connectivity index (χ0v) is 24.7. The molecule has 0 aliphatic heterocycles. The number of ether oxygens (including phenoxy) is 3. The molecule has 2 N–H and O–H groups in total. The maximum absolute atomic E-state index is 13.2. The van der Waals surface area contributed by atoms with Crippen LogP contribution in [0.1, 0.15) is 52.0 Å². The first-order valence-corrected chi connectivity index (χ1v) is 14.1. The van der Waals surface area contributed by atoms with Crippen molar-refractivity contribution in [3.05, 3.63) is 83.4 Å². The molecule has 0 fully saturated rings. The van der Waals surface area contributed by atoms with Gasteiger partial charge in [0.2, 0.25) is 5.91 Å². The second kappa shape index (κ2) is 15.9. The van der Waals surface area contributed by atoms with Crippen LogP contribution in [0.5, 0.6) is 17.2 Å². The Labute approximate surface area is 247 Å².